The van der Waals surface area contributed by atoms with Crippen molar-refractivity contribution in [1.29, 1.82) is 0 Å². The molecule has 6 nitrogen and oxygen atoms in total. The number of pyridine rings is 1. The predicted octanol–water partition coefficient (Wildman–Crippen LogP) is 3.02. The van der Waals surface area contributed by atoms with Crippen LogP contribution in [0.5, 0.6) is 0 Å². The normalized spacial score (nSPS) is 18.5. The van der Waals surface area contributed by atoms with Crippen LogP contribution < -0.4 is 10.2 Å². The number of carbonyl (C=O) groups excluding carboxylic acids is 2. The number of rotatable bonds is 2. The summed E-state index contributed by atoms with van der Waals surface area (Å²) in [6.45, 7) is 5.91. The van der Waals surface area contributed by atoms with Crippen molar-refractivity contribution >= 4 is 40.9 Å². The van der Waals surface area contributed by atoms with Crippen LogP contribution >= 0.6 is 23.2 Å². The van der Waals surface area contributed by atoms with E-state index in [0.29, 0.717) is 18.7 Å². The number of ether oxygens (including phenoxy) is 1. The molecule has 22 heavy (non-hydrogen) atoms. The lowest BCUT2D eigenvalue weighted by atomic mass is 10.1. The second-order valence-electron chi connectivity index (χ2n) is 6.02. The zero-order valence-electron chi connectivity index (χ0n) is 12.5. The Hall–Kier alpha value is -1.53. The lowest BCUT2D eigenvalue weighted by Gasteiger charge is -2.22. The summed E-state index contributed by atoms with van der Waals surface area (Å²) >= 11 is 11.7. The van der Waals surface area contributed by atoms with Crippen molar-refractivity contribution in [3.05, 3.63) is 22.4 Å². The van der Waals surface area contributed by atoms with Crippen LogP contribution in [0.25, 0.3) is 0 Å². The van der Waals surface area contributed by atoms with Gasteiger partial charge in [0.25, 0.3) is 5.91 Å². The van der Waals surface area contributed by atoms with Crippen molar-refractivity contribution in [3.63, 3.8) is 0 Å². The van der Waals surface area contributed by atoms with Gasteiger partial charge < -0.3 is 15.0 Å². The fourth-order valence-corrected chi connectivity index (χ4v) is 2.54. The lowest BCUT2D eigenvalue weighted by Crippen LogP contribution is -2.43. The second-order valence-corrected chi connectivity index (χ2v) is 6.79. The van der Waals surface area contributed by atoms with Gasteiger partial charge in [0.05, 0.1) is 0 Å². The summed E-state index contributed by atoms with van der Waals surface area (Å²) in [5.74, 6) is -0.303. The van der Waals surface area contributed by atoms with Crippen molar-refractivity contribution in [2.45, 2.75) is 38.8 Å². The molecule has 0 bridgehead atoms. The third-order valence-electron chi connectivity index (χ3n) is 2.94. The highest BCUT2D eigenvalue weighted by Crippen LogP contribution is 2.27. The zero-order chi connectivity index (χ0) is 16.5. The molecule has 8 heteroatoms. The highest BCUT2D eigenvalue weighted by Gasteiger charge is 2.36. The van der Waals surface area contributed by atoms with E-state index in [2.05, 4.69) is 10.3 Å². The SMILES string of the molecule is CC(C)(C)NC(=O)OC1CCN(c2cc(Cl)nc(Cl)c2)C1=O. The molecule has 2 heterocycles. The molecule has 120 valence electrons. The molecular formula is C14H17Cl2N3O3. The van der Waals surface area contributed by atoms with Gasteiger partial charge in [-0.2, -0.15) is 0 Å². The molecular weight excluding hydrogens is 329 g/mol. The summed E-state index contributed by atoms with van der Waals surface area (Å²) in [6.07, 6.45) is -1.01. The molecule has 0 radical (unpaired) electrons. The quantitative estimate of drug-likeness (QED) is 0.836. The Bertz CT molecular complexity index is 581. The van der Waals surface area contributed by atoms with Crippen molar-refractivity contribution < 1.29 is 14.3 Å². The summed E-state index contributed by atoms with van der Waals surface area (Å²) in [5, 5.41) is 3.05. The Kier molecular flexibility index (Phi) is 4.82. The minimum absolute atomic E-state index is 0.199. The molecule has 1 unspecified atom stereocenters. The van der Waals surface area contributed by atoms with Gasteiger partial charge in [-0.1, -0.05) is 23.2 Å². The molecule has 1 saturated heterocycles. The number of aromatic nitrogens is 1. The van der Waals surface area contributed by atoms with Gasteiger partial charge in [-0.15, -0.1) is 0 Å². The van der Waals surface area contributed by atoms with E-state index in [0.717, 1.165) is 0 Å². The fraction of sp³-hybridized carbons (Fsp3) is 0.500. The molecule has 1 aromatic heterocycles. The first-order valence-corrected chi connectivity index (χ1v) is 7.54. The number of nitrogens with one attached hydrogen (secondary N) is 1. The Balaban J connectivity index is 2.05. The summed E-state index contributed by atoms with van der Waals surface area (Å²) in [7, 11) is 0. The molecule has 1 aromatic rings. The van der Waals surface area contributed by atoms with Gasteiger partial charge in [-0.25, -0.2) is 9.78 Å². The van der Waals surface area contributed by atoms with E-state index in [9.17, 15) is 9.59 Å². The molecule has 1 aliphatic heterocycles. The number of hydrogen-bond acceptors (Lipinski definition) is 4. The van der Waals surface area contributed by atoms with Crippen LogP contribution in [0.2, 0.25) is 10.3 Å². The number of carbonyl (C=O) groups is 2. The van der Waals surface area contributed by atoms with Crippen molar-refractivity contribution in [3.8, 4) is 0 Å². The molecule has 0 aromatic carbocycles. The largest absolute Gasteiger partial charge is 0.436 e. The van der Waals surface area contributed by atoms with Crippen LogP contribution in [0.1, 0.15) is 27.2 Å². The van der Waals surface area contributed by atoms with Crippen molar-refractivity contribution in [1.82, 2.24) is 10.3 Å². The molecule has 1 N–H and O–H groups in total. The minimum Gasteiger partial charge on any atom is -0.436 e. The summed E-state index contributed by atoms with van der Waals surface area (Å²) in [4.78, 5) is 29.4. The van der Waals surface area contributed by atoms with Crippen LogP contribution in [0, 0.1) is 0 Å². The minimum atomic E-state index is -0.812. The maximum atomic E-state index is 12.3. The van der Waals surface area contributed by atoms with Gasteiger partial charge in [0.1, 0.15) is 10.3 Å². The van der Waals surface area contributed by atoms with Gasteiger partial charge in [0.2, 0.25) is 0 Å². The number of anilines is 1. The van der Waals surface area contributed by atoms with E-state index < -0.39 is 17.7 Å². The van der Waals surface area contributed by atoms with Crippen LogP contribution in [-0.2, 0) is 9.53 Å². The van der Waals surface area contributed by atoms with E-state index in [1.54, 1.807) is 12.1 Å². The molecule has 2 amide bonds. The second kappa shape index (κ2) is 6.30. The standard InChI is InChI=1S/C14H17Cl2N3O3/c1-14(2,3)18-13(21)22-9-4-5-19(12(9)20)8-6-10(15)17-11(16)7-8/h6-7,9H,4-5H2,1-3H3,(H,18,21). The number of hydrogen-bond donors (Lipinski definition) is 1. The zero-order valence-corrected chi connectivity index (χ0v) is 14.0. The summed E-state index contributed by atoms with van der Waals surface area (Å²) in [6, 6.07) is 3.09. The van der Waals surface area contributed by atoms with Gasteiger partial charge in [-0.05, 0) is 32.9 Å². The van der Waals surface area contributed by atoms with E-state index >= 15 is 0 Å². The smallest absolute Gasteiger partial charge is 0.408 e. The third kappa shape index (κ3) is 4.24. The Morgan fingerprint density at radius 2 is 1.95 bits per heavy atom. The number of amides is 2. The number of halogens is 2. The van der Waals surface area contributed by atoms with Gasteiger partial charge in [0.15, 0.2) is 6.10 Å². The lowest BCUT2D eigenvalue weighted by molar-refractivity contribution is -0.124. The van der Waals surface area contributed by atoms with Gasteiger partial charge in [-0.3, -0.25) is 4.79 Å². The highest BCUT2D eigenvalue weighted by atomic mass is 35.5. The monoisotopic (exact) mass is 345 g/mol. The maximum absolute atomic E-state index is 12.3. The first-order valence-electron chi connectivity index (χ1n) is 6.79. The number of nitrogens with zero attached hydrogens (tertiary/aromatic N) is 2. The van der Waals surface area contributed by atoms with E-state index in [4.69, 9.17) is 27.9 Å². The van der Waals surface area contributed by atoms with Crippen molar-refractivity contribution in [2.75, 3.05) is 11.4 Å². The Labute approximate surface area is 138 Å². The van der Waals surface area contributed by atoms with E-state index in [1.165, 1.54) is 4.90 Å². The van der Waals surface area contributed by atoms with E-state index in [1.807, 2.05) is 20.8 Å². The third-order valence-corrected chi connectivity index (χ3v) is 3.33. The van der Waals surface area contributed by atoms with Crippen molar-refractivity contribution in [2.24, 2.45) is 0 Å². The Morgan fingerprint density at radius 3 is 2.50 bits per heavy atom. The van der Waals surface area contributed by atoms with Gasteiger partial charge in [0, 0.05) is 24.2 Å². The molecule has 0 aliphatic carbocycles. The molecule has 0 saturated carbocycles. The summed E-state index contributed by atoms with van der Waals surface area (Å²) < 4.78 is 5.19. The Morgan fingerprint density at radius 1 is 1.36 bits per heavy atom. The molecule has 2 rings (SSSR count). The maximum Gasteiger partial charge on any atom is 0.408 e. The van der Waals surface area contributed by atoms with E-state index in [-0.39, 0.29) is 16.2 Å². The first kappa shape index (κ1) is 16.8. The van der Waals surface area contributed by atoms with Gasteiger partial charge >= 0.3 is 6.09 Å². The highest BCUT2D eigenvalue weighted by molar-refractivity contribution is 6.33. The topological polar surface area (TPSA) is 71.5 Å². The van der Waals surface area contributed by atoms with Crippen LogP contribution in [0.4, 0.5) is 10.5 Å². The average Bonchev–Trinajstić information content (AvgIpc) is 2.67. The first-order chi connectivity index (χ1) is 10.2. The molecule has 1 atom stereocenters. The van der Waals surface area contributed by atoms with Crippen LogP contribution in [0.15, 0.2) is 12.1 Å². The molecule has 1 fully saturated rings. The predicted molar refractivity (Wildman–Crippen MR) is 84.4 cm³/mol. The molecule has 1 aliphatic rings. The summed E-state index contributed by atoms with van der Waals surface area (Å²) in [5.41, 5.74) is 0.113. The number of alkyl carbamates (subject to hydrolysis) is 1. The molecule has 0 spiro atoms. The average molecular weight is 346 g/mol. The fourth-order valence-electron chi connectivity index (χ4n) is 2.09. The van der Waals surface area contributed by atoms with Crippen LogP contribution in [0.3, 0.4) is 0 Å². The van der Waals surface area contributed by atoms with Crippen LogP contribution in [-0.4, -0.2) is 35.2 Å².